The maximum atomic E-state index is 12.5. The number of nitrogens with zero attached hydrogens (tertiary/aromatic N) is 2. The molecule has 128 valence electrons. The Morgan fingerprint density at radius 2 is 2.09 bits per heavy atom. The van der Waals surface area contributed by atoms with Crippen LogP contribution in [0.2, 0.25) is 0 Å². The summed E-state index contributed by atoms with van der Waals surface area (Å²) in [4.78, 5) is 23.7. The molecule has 2 N–H and O–H groups in total. The number of rotatable bonds is 7. The van der Waals surface area contributed by atoms with E-state index in [1.807, 2.05) is 14.0 Å². The van der Waals surface area contributed by atoms with Crippen molar-refractivity contribution >= 4 is 11.9 Å². The lowest BCUT2D eigenvalue weighted by Gasteiger charge is -2.21. The summed E-state index contributed by atoms with van der Waals surface area (Å²) in [7, 11) is 1.82. The molecule has 0 saturated heterocycles. The van der Waals surface area contributed by atoms with Crippen molar-refractivity contribution in [3.63, 3.8) is 0 Å². The fraction of sp³-hybridized carbons (Fsp3) is 0.706. The summed E-state index contributed by atoms with van der Waals surface area (Å²) in [5, 5.41) is 16.5. The zero-order valence-corrected chi connectivity index (χ0v) is 14.0. The molecule has 1 aromatic heterocycles. The van der Waals surface area contributed by atoms with E-state index in [-0.39, 0.29) is 12.5 Å². The highest BCUT2D eigenvalue weighted by Gasteiger charge is 2.25. The first-order valence-corrected chi connectivity index (χ1v) is 8.57. The second-order valence-electron chi connectivity index (χ2n) is 6.47. The molecule has 1 saturated carbocycles. The van der Waals surface area contributed by atoms with Crippen molar-refractivity contribution in [3.8, 4) is 0 Å². The van der Waals surface area contributed by atoms with Crippen LogP contribution in [-0.2, 0) is 11.8 Å². The van der Waals surface area contributed by atoms with Gasteiger partial charge in [0.1, 0.15) is 0 Å². The van der Waals surface area contributed by atoms with E-state index in [1.54, 1.807) is 10.9 Å². The number of carbonyl (C=O) groups is 2. The first-order chi connectivity index (χ1) is 11.0. The van der Waals surface area contributed by atoms with Crippen LogP contribution in [0.5, 0.6) is 0 Å². The summed E-state index contributed by atoms with van der Waals surface area (Å²) in [6.45, 7) is 2.11. The average molecular weight is 321 g/mol. The number of aromatic nitrogens is 2. The maximum absolute atomic E-state index is 12.5. The van der Waals surface area contributed by atoms with Gasteiger partial charge in [0.15, 0.2) is 0 Å². The predicted molar refractivity (Wildman–Crippen MR) is 87.4 cm³/mol. The van der Waals surface area contributed by atoms with Gasteiger partial charge in [-0.3, -0.25) is 14.3 Å². The molecule has 2 rings (SSSR count). The second kappa shape index (κ2) is 8.13. The molecule has 6 heteroatoms. The van der Waals surface area contributed by atoms with Crippen molar-refractivity contribution in [2.45, 2.75) is 57.8 Å². The van der Waals surface area contributed by atoms with E-state index < -0.39 is 11.9 Å². The van der Waals surface area contributed by atoms with Crippen LogP contribution < -0.4 is 5.32 Å². The molecule has 23 heavy (non-hydrogen) atoms. The van der Waals surface area contributed by atoms with Crippen molar-refractivity contribution in [1.82, 2.24) is 15.1 Å². The lowest BCUT2D eigenvalue weighted by Crippen LogP contribution is -2.33. The number of carbonyl (C=O) groups excluding carboxylic acids is 1. The van der Waals surface area contributed by atoms with Crippen molar-refractivity contribution in [2.75, 3.05) is 6.54 Å². The monoisotopic (exact) mass is 321 g/mol. The van der Waals surface area contributed by atoms with Crippen LogP contribution in [-0.4, -0.2) is 33.3 Å². The molecule has 1 fully saturated rings. The Morgan fingerprint density at radius 3 is 2.70 bits per heavy atom. The minimum Gasteiger partial charge on any atom is -0.481 e. The summed E-state index contributed by atoms with van der Waals surface area (Å²) in [6.07, 6.45) is 8.86. The topological polar surface area (TPSA) is 84.2 Å². The number of carboxylic acid groups (broad SMARTS) is 1. The molecule has 0 radical (unpaired) electrons. The Balaban J connectivity index is 2.05. The molecule has 1 atom stereocenters. The third-order valence-corrected chi connectivity index (χ3v) is 4.59. The quantitative estimate of drug-likeness (QED) is 0.808. The third kappa shape index (κ3) is 4.56. The van der Waals surface area contributed by atoms with Gasteiger partial charge in [0, 0.05) is 25.7 Å². The van der Waals surface area contributed by atoms with E-state index in [0.717, 1.165) is 25.0 Å². The summed E-state index contributed by atoms with van der Waals surface area (Å²) in [6, 6.07) is 0. The summed E-state index contributed by atoms with van der Waals surface area (Å²) < 4.78 is 1.68. The highest BCUT2D eigenvalue weighted by atomic mass is 16.4. The Bertz CT molecular complexity index is 547. The molecule has 1 unspecified atom stereocenters. The van der Waals surface area contributed by atoms with Crippen LogP contribution in [0.15, 0.2) is 6.20 Å². The zero-order valence-electron chi connectivity index (χ0n) is 14.0. The molecule has 0 bridgehead atoms. The second-order valence-corrected chi connectivity index (χ2v) is 6.47. The highest BCUT2D eigenvalue weighted by Crippen LogP contribution is 2.33. The van der Waals surface area contributed by atoms with Crippen LogP contribution in [0.4, 0.5) is 0 Å². The Labute approximate surface area is 137 Å². The number of amides is 1. The van der Waals surface area contributed by atoms with Crippen molar-refractivity contribution in [1.29, 1.82) is 0 Å². The third-order valence-electron chi connectivity index (χ3n) is 4.59. The number of nitrogens with one attached hydrogen (secondary N) is 1. The van der Waals surface area contributed by atoms with Gasteiger partial charge in [-0.25, -0.2) is 0 Å². The smallest absolute Gasteiger partial charge is 0.308 e. The fourth-order valence-electron chi connectivity index (χ4n) is 3.33. The van der Waals surface area contributed by atoms with Gasteiger partial charge in [-0.1, -0.05) is 32.6 Å². The SMILES string of the molecule is CCCC(CNC(=O)c1cn(C)nc1C1CCCCC1)C(=O)O. The van der Waals surface area contributed by atoms with Crippen molar-refractivity contribution in [3.05, 3.63) is 17.5 Å². The molecule has 1 heterocycles. The number of hydrogen-bond acceptors (Lipinski definition) is 3. The van der Waals surface area contributed by atoms with Gasteiger partial charge >= 0.3 is 5.97 Å². The predicted octanol–water partition coefficient (Wildman–Crippen LogP) is 2.70. The van der Waals surface area contributed by atoms with Gasteiger partial charge < -0.3 is 10.4 Å². The van der Waals surface area contributed by atoms with Gasteiger partial charge in [0.25, 0.3) is 5.91 Å². The van der Waals surface area contributed by atoms with Crippen LogP contribution in [0.25, 0.3) is 0 Å². The molecule has 0 aromatic carbocycles. The number of aliphatic carboxylic acids is 1. The minimum absolute atomic E-state index is 0.168. The summed E-state index contributed by atoms with van der Waals surface area (Å²) >= 11 is 0. The molecule has 1 aliphatic rings. The fourth-order valence-corrected chi connectivity index (χ4v) is 3.33. The molecule has 1 amide bonds. The highest BCUT2D eigenvalue weighted by molar-refractivity contribution is 5.95. The molecular formula is C17H27N3O3. The van der Waals surface area contributed by atoms with Gasteiger partial charge in [-0.15, -0.1) is 0 Å². The Hall–Kier alpha value is -1.85. The number of hydrogen-bond donors (Lipinski definition) is 2. The van der Waals surface area contributed by atoms with E-state index in [0.29, 0.717) is 17.9 Å². The van der Waals surface area contributed by atoms with Crippen LogP contribution in [0.1, 0.15) is 73.8 Å². The molecule has 6 nitrogen and oxygen atoms in total. The number of carboxylic acids is 1. The average Bonchev–Trinajstić information content (AvgIpc) is 2.93. The van der Waals surface area contributed by atoms with Crippen molar-refractivity contribution in [2.24, 2.45) is 13.0 Å². The Morgan fingerprint density at radius 1 is 1.39 bits per heavy atom. The molecule has 1 aliphatic carbocycles. The summed E-state index contributed by atoms with van der Waals surface area (Å²) in [5.41, 5.74) is 1.46. The van der Waals surface area contributed by atoms with Gasteiger partial charge in [0.2, 0.25) is 0 Å². The molecular weight excluding hydrogens is 294 g/mol. The number of aryl methyl sites for hydroxylation is 1. The van der Waals surface area contributed by atoms with Crippen molar-refractivity contribution < 1.29 is 14.7 Å². The van der Waals surface area contributed by atoms with Crippen LogP contribution in [0.3, 0.4) is 0 Å². The van der Waals surface area contributed by atoms with E-state index >= 15 is 0 Å². The van der Waals surface area contributed by atoms with E-state index in [2.05, 4.69) is 10.4 Å². The summed E-state index contributed by atoms with van der Waals surface area (Å²) in [5.74, 6) is -1.25. The van der Waals surface area contributed by atoms with Crippen LogP contribution in [0, 0.1) is 5.92 Å². The Kier molecular flexibility index (Phi) is 6.19. The van der Waals surface area contributed by atoms with Crippen LogP contribution >= 0.6 is 0 Å². The van der Waals surface area contributed by atoms with Gasteiger partial charge in [-0.2, -0.15) is 5.10 Å². The largest absolute Gasteiger partial charge is 0.481 e. The minimum atomic E-state index is -0.856. The van der Waals surface area contributed by atoms with Gasteiger partial charge in [-0.05, 0) is 19.3 Å². The lowest BCUT2D eigenvalue weighted by molar-refractivity contribution is -0.141. The molecule has 0 aliphatic heterocycles. The van der Waals surface area contributed by atoms with E-state index in [4.69, 9.17) is 0 Å². The first-order valence-electron chi connectivity index (χ1n) is 8.57. The first kappa shape index (κ1) is 17.5. The van der Waals surface area contributed by atoms with Gasteiger partial charge in [0.05, 0.1) is 17.2 Å². The lowest BCUT2D eigenvalue weighted by atomic mass is 9.85. The maximum Gasteiger partial charge on any atom is 0.308 e. The zero-order chi connectivity index (χ0) is 16.8. The van der Waals surface area contributed by atoms with E-state index in [1.165, 1.54) is 19.3 Å². The standard InChI is InChI=1S/C17H27N3O3/c1-3-7-13(17(22)23)10-18-16(21)14-11-20(2)19-15(14)12-8-5-4-6-9-12/h11-13H,3-10H2,1-2H3,(H,18,21)(H,22,23). The normalized spacial score (nSPS) is 17.0. The molecule has 1 aromatic rings. The van der Waals surface area contributed by atoms with E-state index in [9.17, 15) is 14.7 Å². The molecule has 0 spiro atoms.